The number of nitrogens with zero attached hydrogens (tertiary/aromatic N) is 4. The standard InChI is InChI=1S/C22H25IN6O4S/c1-13-11-15(29-14(2)26-27-28-29)9-10-18(13)24-20(30)16-7-6-8-17(23)19(16)21(31)25-22(3,4)12-34(5,32)33/h6-11H,12H2,1-5H3,(H,24,30)(H,25,31). The van der Waals surface area contributed by atoms with Crippen LogP contribution in [-0.2, 0) is 9.84 Å². The minimum absolute atomic E-state index is 0.180. The highest BCUT2D eigenvalue weighted by molar-refractivity contribution is 14.1. The van der Waals surface area contributed by atoms with Gasteiger partial charge in [-0.2, -0.15) is 4.68 Å². The first-order valence-electron chi connectivity index (χ1n) is 10.2. The molecule has 0 aliphatic rings. The van der Waals surface area contributed by atoms with Gasteiger partial charge >= 0.3 is 0 Å². The Morgan fingerprint density at radius 2 is 1.82 bits per heavy atom. The summed E-state index contributed by atoms with van der Waals surface area (Å²) in [5, 5.41) is 17.1. The number of tetrazole rings is 1. The van der Waals surface area contributed by atoms with Crippen molar-refractivity contribution < 1.29 is 18.0 Å². The third-order valence-electron chi connectivity index (χ3n) is 4.89. The van der Waals surface area contributed by atoms with E-state index < -0.39 is 27.2 Å². The molecule has 2 amide bonds. The number of amides is 2. The van der Waals surface area contributed by atoms with Crippen molar-refractivity contribution in [1.29, 1.82) is 0 Å². The second-order valence-electron chi connectivity index (χ2n) is 8.66. The fourth-order valence-corrected chi connectivity index (χ4v) is 5.71. The average Bonchev–Trinajstić information content (AvgIpc) is 3.12. The second-order valence-corrected chi connectivity index (χ2v) is 12.0. The molecule has 0 aliphatic carbocycles. The van der Waals surface area contributed by atoms with Crippen LogP contribution in [0.1, 0.15) is 46.0 Å². The lowest BCUT2D eigenvalue weighted by molar-refractivity contribution is 0.0909. The van der Waals surface area contributed by atoms with E-state index in [4.69, 9.17) is 0 Å². The summed E-state index contributed by atoms with van der Waals surface area (Å²) >= 11 is 1.98. The summed E-state index contributed by atoms with van der Waals surface area (Å²) in [6.07, 6.45) is 1.11. The van der Waals surface area contributed by atoms with Crippen molar-refractivity contribution in [2.45, 2.75) is 33.2 Å². The van der Waals surface area contributed by atoms with Gasteiger partial charge in [0.1, 0.15) is 9.84 Å². The molecule has 180 valence electrons. The number of aryl methyl sites for hydroxylation is 2. The van der Waals surface area contributed by atoms with Gasteiger partial charge in [0.25, 0.3) is 11.8 Å². The first-order chi connectivity index (χ1) is 15.8. The maximum absolute atomic E-state index is 13.2. The van der Waals surface area contributed by atoms with Gasteiger partial charge in [-0.05, 0) is 96.6 Å². The monoisotopic (exact) mass is 596 g/mol. The number of sulfone groups is 1. The van der Waals surface area contributed by atoms with Gasteiger partial charge in [0.05, 0.1) is 22.6 Å². The Kier molecular flexibility index (Phi) is 7.41. The van der Waals surface area contributed by atoms with Gasteiger partial charge in [-0.25, -0.2) is 8.42 Å². The van der Waals surface area contributed by atoms with E-state index in [9.17, 15) is 18.0 Å². The molecule has 3 rings (SSSR count). The highest BCUT2D eigenvalue weighted by Gasteiger charge is 2.29. The van der Waals surface area contributed by atoms with Crippen molar-refractivity contribution in [3.8, 4) is 5.69 Å². The van der Waals surface area contributed by atoms with Gasteiger partial charge in [0, 0.05) is 21.1 Å². The molecule has 10 nitrogen and oxygen atoms in total. The summed E-state index contributed by atoms with van der Waals surface area (Å²) < 4.78 is 25.6. The van der Waals surface area contributed by atoms with Crippen LogP contribution < -0.4 is 10.6 Å². The molecular formula is C22H25IN6O4S. The third-order valence-corrected chi connectivity index (χ3v) is 7.03. The van der Waals surface area contributed by atoms with E-state index in [2.05, 4.69) is 26.2 Å². The maximum atomic E-state index is 13.2. The molecule has 34 heavy (non-hydrogen) atoms. The quantitative estimate of drug-likeness (QED) is 0.401. The minimum Gasteiger partial charge on any atom is -0.346 e. The molecule has 0 saturated heterocycles. The van der Waals surface area contributed by atoms with E-state index in [-0.39, 0.29) is 16.9 Å². The SMILES string of the molecule is Cc1cc(-n2nnnc2C)ccc1NC(=O)c1cccc(I)c1C(=O)NC(C)(C)CS(C)(=O)=O. The van der Waals surface area contributed by atoms with Crippen LogP contribution in [0.25, 0.3) is 5.69 Å². The maximum Gasteiger partial charge on any atom is 0.256 e. The topological polar surface area (TPSA) is 136 Å². The van der Waals surface area contributed by atoms with Crippen LogP contribution in [0.5, 0.6) is 0 Å². The fraction of sp³-hybridized carbons (Fsp3) is 0.318. The molecule has 0 fully saturated rings. The van der Waals surface area contributed by atoms with Crippen LogP contribution in [0.15, 0.2) is 36.4 Å². The van der Waals surface area contributed by atoms with Crippen LogP contribution in [0.3, 0.4) is 0 Å². The predicted molar refractivity (Wildman–Crippen MR) is 137 cm³/mol. The zero-order valence-electron chi connectivity index (χ0n) is 19.4. The Labute approximate surface area is 211 Å². The van der Waals surface area contributed by atoms with E-state index in [0.717, 1.165) is 17.5 Å². The average molecular weight is 596 g/mol. The highest BCUT2D eigenvalue weighted by Crippen LogP contribution is 2.23. The van der Waals surface area contributed by atoms with Gasteiger partial charge in [0.2, 0.25) is 0 Å². The van der Waals surface area contributed by atoms with Crippen molar-refractivity contribution in [2.75, 3.05) is 17.3 Å². The molecule has 0 spiro atoms. The fourth-order valence-electron chi connectivity index (χ4n) is 3.59. The Morgan fingerprint density at radius 3 is 2.41 bits per heavy atom. The predicted octanol–water partition coefficient (Wildman–Crippen LogP) is 2.69. The Hall–Kier alpha value is -2.87. The molecule has 0 aliphatic heterocycles. The molecule has 1 heterocycles. The van der Waals surface area contributed by atoms with E-state index in [0.29, 0.717) is 15.1 Å². The summed E-state index contributed by atoms with van der Waals surface area (Å²) in [5.41, 5.74) is 1.45. The van der Waals surface area contributed by atoms with E-state index >= 15 is 0 Å². The number of anilines is 1. The normalized spacial score (nSPS) is 11.8. The third kappa shape index (κ3) is 6.17. The Balaban J connectivity index is 1.87. The summed E-state index contributed by atoms with van der Waals surface area (Å²) in [6.45, 7) is 6.87. The minimum atomic E-state index is -3.32. The number of benzene rings is 2. The largest absolute Gasteiger partial charge is 0.346 e. The molecule has 1 aromatic heterocycles. The number of hydrogen-bond acceptors (Lipinski definition) is 7. The van der Waals surface area contributed by atoms with E-state index in [1.165, 1.54) is 0 Å². The second kappa shape index (κ2) is 9.78. The van der Waals surface area contributed by atoms with Crippen molar-refractivity contribution in [3.63, 3.8) is 0 Å². The van der Waals surface area contributed by atoms with Crippen LogP contribution in [0.4, 0.5) is 5.69 Å². The number of rotatable bonds is 7. The van der Waals surface area contributed by atoms with Gasteiger partial charge < -0.3 is 10.6 Å². The van der Waals surface area contributed by atoms with Crippen LogP contribution in [0, 0.1) is 17.4 Å². The molecule has 0 radical (unpaired) electrons. The number of hydrogen-bond donors (Lipinski definition) is 2. The van der Waals surface area contributed by atoms with Gasteiger partial charge in [0.15, 0.2) is 5.82 Å². The van der Waals surface area contributed by atoms with Crippen molar-refractivity contribution in [2.24, 2.45) is 0 Å². The molecule has 2 aromatic carbocycles. The summed E-state index contributed by atoms with van der Waals surface area (Å²) in [7, 11) is -3.32. The lowest BCUT2D eigenvalue weighted by atomic mass is 10.0. The molecule has 3 aromatic rings. The van der Waals surface area contributed by atoms with Crippen LogP contribution in [-0.4, -0.2) is 58.0 Å². The number of nitrogens with one attached hydrogen (secondary N) is 2. The number of halogens is 1. The van der Waals surface area contributed by atoms with Gasteiger partial charge in [-0.1, -0.05) is 6.07 Å². The molecule has 2 N–H and O–H groups in total. The first-order valence-corrected chi connectivity index (χ1v) is 13.4. The van der Waals surface area contributed by atoms with Crippen LogP contribution >= 0.6 is 22.6 Å². The molecule has 0 atom stereocenters. The molecule has 12 heteroatoms. The lowest BCUT2D eigenvalue weighted by Crippen LogP contribution is -2.48. The number of carbonyl (C=O) groups is 2. The summed E-state index contributed by atoms with van der Waals surface area (Å²) in [6, 6.07) is 10.3. The van der Waals surface area contributed by atoms with Gasteiger partial charge in [-0.15, -0.1) is 5.10 Å². The Bertz CT molecular complexity index is 1370. The summed E-state index contributed by atoms with van der Waals surface area (Å²) in [5.74, 6) is -0.586. The molecule has 0 bridgehead atoms. The van der Waals surface area contributed by atoms with E-state index in [1.54, 1.807) is 55.8 Å². The van der Waals surface area contributed by atoms with Crippen LogP contribution in [0.2, 0.25) is 0 Å². The summed E-state index contributed by atoms with van der Waals surface area (Å²) in [4.78, 5) is 26.3. The van der Waals surface area contributed by atoms with Crippen molar-refractivity contribution >= 4 is 49.9 Å². The lowest BCUT2D eigenvalue weighted by Gasteiger charge is -2.26. The smallest absolute Gasteiger partial charge is 0.256 e. The Morgan fingerprint density at radius 1 is 1.12 bits per heavy atom. The zero-order valence-corrected chi connectivity index (χ0v) is 22.4. The zero-order chi connectivity index (χ0) is 25.3. The van der Waals surface area contributed by atoms with Crippen molar-refractivity contribution in [3.05, 3.63) is 62.5 Å². The molecular weight excluding hydrogens is 571 g/mol. The van der Waals surface area contributed by atoms with Gasteiger partial charge in [-0.3, -0.25) is 9.59 Å². The van der Waals surface area contributed by atoms with E-state index in [1.807, 2.05) is 35.6 Å². The number of carbonyl (C=O) groups excluding carboxylic acids is 2. The highest BCUT2D eigenvalue weighted by atomic mass is 127. The first kappa shape index (κ1) is 25.7. The van der Waals surface area contributed by atoms with Crippen molar-refractivity contribution in [1.82, 2.24) is 25.5 Å². The number of aromatic nitrogens is 4. The molecule has 0 saturated carbocycles. The molecule has 0 unspecified atom stereocenters.